The van der Waals surface area contributed by atoms with Gasteiger partial charge in [-0.05, 0) is 36.9 Å². The first kappa shape index (κ1) is 14.7. The molecule has 5 nitrogen and oxygen atoms in total. The number of anilines is 1. The van der Waals surface area contributed by atoms with Gasteiger partial charge in [0.1, 0.15) is 5.75 Å². The molecule has 1 aromatic carbocycles. The number of amides is 2. The summed E-state index contributed by atoms with van der Waals surface area (Å²) in [6, 6.07) is 7.19. The number of hydrogen-bond donors (Lipinski definition) is 3. The summed E-state index contributed by atoms with van der Waals surface area (Å²) in [5.74, 6) is 0.660. The number of benzene rings is 1. The number of piperidine rings is 1. The fourth-order valence-corrected chi connectivity index (χ4v) is 2.48. The largest absolute Gasteiger partial charge is 0.495 e. The van der Waals surface area contributed by atoms with Crippen LogP contribution in [0.5, 0.6) is 5.75 Å². The number of methoxy groups -OCH3 is 1. The van der Waals surface area contributed by atoms with Gasteiger partial charge in [0.2, 0.25) is 0 Å². The molecule has 1 heterocycles. The van der Waals surface area contributed by atoms with E-state index in [1.165, 1.54) is 0 Å². The fraction of sp³-hybridized carbons (Fsp3) is 0.533. The molecule has 1 aliphatic rings. The van der Waals surface area contributed by atoms with Crippen molar-refractivity contribution in [2.45, 2.75) is 19.8 Å². The van der Waals surface area contributed by atoms with Crippen LogP contribution in [-0.4, -0.2) is 32.8 Å². The molecule has 1 atom stereocenters. The van der Waals surface area contributed by atoms with Crippen molar-refractivity contribution < 1.29 is 9.53 Å². The second-order valence-corrected chi connectivity index (χ2v) is 5.60. The average molecular weight is 277 g/mol. The van der Waals surface area contributed by atoms with Gasteiger partial charge in [-0.2, -0.15) is 0 Å². The first-order valence-electron chi connectivity index (χ1n) is 7.02. The highest BCUT2D eigenvalue weighted by Crippen LogP contribution is 2.25. The van der Waals surface area contributed by atoms with Crippen LogP contribution in [0.3, 0.4) is 0 Å². The molecule has 1 fully saturated rings. The number of carbonyl (C=O) groups is 1. The summed E-state index contributed by atoms with van der Waals surface area (Å²) in [5.41, 5.74) is 0.815. The van der Waals surface area contributed by atoms with E-state index in [-0.39, 0.29) is 11.4 Å². The van der Waals surface area contributed by atoms with Crippen molar-refractivity contribution in [1.29, 1.82) is 0 Å². The van der Waals surface area contributed by atoms with Crippen LogP contribution in [0.4, 0.5) is 10.5 Å². The van der Waals surface area contributed by atoms with Crippen LogP contribution in [0.15, 0.2) is 24.3 Å². The Balaban J connectivity index is 1.86. The third-order valence-corrected chi connectivity index (χ3v) is 3.72. The molecule has 1 saturated heterocycles. The minimum absolute atomic E-state index is 0.135. The van der Waals surface area contributed by atoms with Crippen LogP contribution < -0.4 is 20.7 Å². The highest BCUT2D eigenvalue weighted by atomic mass is 16.5. The highest BCUT2D eigenvalue weighted by molar-refractivity contribution is 5.90. The average Bonchev–Trinajstić information content (AvgIpc) is 2.47. The third-order valence-electron chi connectivity index (χ3n) is 3.72. The standard InChI is InChI=1S/C15H23N3O2/c1-15(8-5-9-16-10-15)11-17-14(19)18-12-6-3-4-7-13(12)20-2/h3-4,6-7,16H,5,8-11H2,1-2H3,(H2,17,18,19). The van der Waals surface area contributed by atoms with E-state index in [0.717, 1.165) is 25.9 Å². The summed E-state index contributed by atoms with van der Waals surface area (Å²) in [6.45, 7) is 4.88. The van der Waals surface area contributed by atoms with Gasteiger partial charge in [-0.25, -0.2) is 4.79 Å². The molecular weight excluding hydrogens is 254 g/mol. The molecule has 5 heteroatoms. The molecule has 0 saturated carbocycles. The first-order valence-corrected chi connectivity index (χ1v) is 7.02. The lowest BCUT2D eigenvalue weighted by Gasteiger charge is -2.34. The number of ether oxygens (including phenoxy) is 1. The van der Waals surface area contributed by atoms with Crippen LogP contribution in [0.1, 0.15) is 19.8 Å². The lowest BCUT2D eigenvalue weighted by Crippen LogP contribution is -2.46. The van der Waals surface area contributed by atoms with Crippen molar-refractivity contribution in [3.8, 4) is 5.75 Å². The third kappa shape index (κ3) is 3.87. The van der Waals surface area contributed by atoms with Gasteiger partial charge >= 0.3 is 6.03 Å². The molecule has 20 heavy (non-hydrogen) atoms. The predicted octanol–water partition coefficient (Wildman–Crippen LogP) is 2.21. The Morgan fingerprint density at radius 2 is 2.25 bits per heavy atom. The molecule has 1 aliphatic heterocycles. The van der Waals surface area contributed by atoms with Crippen molar-refractivity contribution in [2.24, 2.45) is 5.41 Å². The Morgan fingerprint density at radius 3 is 2.95 bits per heavy atom. The second kappa shape index (κ2) is 6.61. The highest BCUT2D eigenvalue weighted by Gasteiger charge is 2.27. The fourth-order valence-electron chi connectivity index (χ4n) is 2.48. The van der Waals surface area contributed by atoms with Crippen molar-refractivity contribution in [3.63, 3.8) is 0 Å². The van der Waals surface area contributed by atoms with Crippen LogP contribution in [0, 0.1) is 5.41 Å². The molecule has 0 aromatic heterocycles. The van der Waals surface area contributed by atoms with E-state index in [1.54, 1.807) is 7.11 Å². The van der Waals surface area contributed by atoms with E-state index in [9.17, 15) is 4.79 Å². The van der Waals surface area contributed by atoms with Crippen molar-refractivity contribution in [2.75, 3.05) is 32.1 Å². The lowest BCUT2D eigenvalue weighted by molar-refractivity contribution is 0.217. The van der Waals surface area contributed by atoms with Crippen LogP contribution in [-0.2, 0) is 0 Å². The summed E-state index contributed by atoms with van der Waals surface area (Å²) >= 11 is 0. The van der Waals surface area contributed by atoms with Crippen molar-refractivity contribution in [1.82, 2.24) is 10.6 Å². The Morgan fingerprint density at radius 1 is 1.45 bits per heavy atom. The maximum absolute atomic E-state index is 12.0. The van der Waals surface area contributed by atoms with E-state index in [1.807, 2.05) is 24.3 Å². The number of hydrogen-bond acceptors (Lipinski definition) is 3. The normalized spacial score (nSPS) is 22.1. The van der Waals surface area contributed by atoms with Gasteiger partial charge in [-0.1, -0.05) is 19.1 Å². The van der Waals surface area contributed by atoms with Gasteiger partial charge in [-0.15, -0.1) is 0 Å². The summed E-state index contributed by atoms with van der Waals surface area (Å²) in [6.07, 6.45) is 2.29. The number of rotatable bonds is 4. The van der Waals surface area contributed by atoms with Gasteiger partial charge in [0.15, 0.2) is 0 Å². The summed E-state index contributed by atoms with van der Waals surface area (Å²) < 4.78 is 5.21. The zero-order chi connectivity index (χ0) is 14.4. The Bertz CT molecular complexity index is 456. The maximum Gasteiger partial charge on any atom is 0.319 e. The maximum atomic E-state index is 12.0. The Hall–Kier alpha value is -1.75. The molecule has 2 rings (SSSR count). The monoisotopic (exact) mass is 277 g/mol. The molecule has 1 aromatic rings. The predicted molar refractivity (Wildman–Crippen MR) is 80.2 cm³/mol. The van der Waals surface area contributed by atoms with Crippen molar-refractivity contribution >= 4 is 11.7 Å². The molecule has 0 radical (unpaired) electrons. The molecule has 0 bridgehead atoms. The Labute approximate surface area is 120 Å². The SMILES string of the molecule is COc1ccccc1NC(=O)NCC1(C)CCCNC1. The molecule has 0 aliphatic carbocycles. The van der Waals surface area contributed by atoms with E-state index >= 15 is 0 Å². The van der Waals surface area contributed by atoms with Crippen LogP contribution in [0.2, 0.25) is 0 Å². The zero-order valence-electron chi connectivity index (χ0n) is 12.2. The van der Waals surface area contributed by atoms with Gasteiger partial charge in [0.25, 0.3) is 0 Å². The van der Waals surface area contributed by atoms with Crippen molar-refractivity contribution in [3.05, 3.63) is 24.3 Å². The quantitative estimate of drug-likeness (QED) is 0.790. The first-order chi connectivity index (χ1) is 9.63. The van der Waals surface area contributed by atoms with E-state index in [0.29, 0.717) is 18.0 Å². The topological polar surface area (TPSA) is 62.4 Å². The molecule has 1 unspecified atom stereocenters. The molecule has 3 N–H and O–H groups in total. The van der Waals surface area contributed by atoms with Gasteiger partial charge in [0.05, 0.1) is 12.8 Å². The van der Waals surface area contributed by atoms with Gasteiger partial charge < -0.3 is 20.7 Å². The summed E-state index contributed by atoms with van der Waals surface area (Å²) in [4.78, 5) is 12.0. The number of urea groups is 1. The second-order valence-electron chi connectivity index (χ2n) is 5.60. The molecular formula is C15H23N3O2. The lowest BCUT2D eigenvalue weighted by atomic mass is 9.83. The summed E-state index contributed by atoms with van der Waals surface area (Å²) in [5, 5.41) is 9.15. The number of para-hydroxylation sites is 2. The van der Waals surface area contributed by atoms with E-state index in [2.05, 4.69) is 22.9 Å². The van der Waals surface area contributed by atoms with Crippen LogP contribution in [0.25, 0.3) is 0 Å². The zero-order valence-corrected chi connectivity index (χ0v) is 12.2. The van der Waals surface area contributed by atoms with Crippen LogP contribution >= 0.6 is 0 Å². The number of carbonyl (C=O) groups excluding carboxylic acids is 1. The Kier molecular flexibility index (Phi) is 4.84. The smallest absolute Gasteiger partial charge is 0.319 e. The summed E-state index contributed by atoms with van der Waals surface area (Å²) in [7, 11) is 1.59. The molecule has 2 amide bonds. The minimum atomic E-state index is -0.193. The van der Waals surface area contributed by atoms with Gasteiger partial charge in [0, 0.05) is 13.1 Å². The molecule has 110 valence electrons. The van der Waals surface area contributed by atoms with E-state index in [4.69, 9.17) is 4.74 Å². The minimum Gasteiger partial charge on any atom is -0.495 e. The molecule has 0 spiro atoms. The van der Waals surface area contributed by atoms with E-state index < -0.39 is 0 Å². The number of nitrogens with one attached hydrogen (secondary N) is 3. The van der Waals surface area contributed by atoms with Gasteiger partial charge in [-0.3, -0.25) is 0 Å².